The average Bonchev–Trinajstić information content (AvgIpc) is 3.11. The van der Waals surface area contributed by atoms with Gasteiger partial charge in [-0.15, -0.1) is 10.2 Å². The van der Waals surface area contributed by atoms with Crippen molar-refractivity contribution in [3.05, 3.63) is 29.2 Å². The van der Waals surface area contributed by atoms with Crippen molar-refractivity contribution < 1.29 is 13.9 Å². The fourth-order valence-electron chi connectivity index (χ4n) is 3.18. The molecular weight excluding hydrogens is 319 g/mol. The van der Waals surface area contributed by atoms with Crippen LogP contribution in [0.2, 0.25) is 0 Å². The van der Waals surface area contributed by atoms with E-state index in [4.69, 9.17) is 9.47 Å². The molecule has 2 aliphatic heterocycles. The minimum Gasteiger partial charge on any atom is -0.475 e. The Morgan fingerprint density at radius 2 is 2.35 bits per heavy atom. The smallest absolute Gasteiger partial charge is 0.250 e. The minimum absolute atomic E-state index is 0.0606. The third-order valence-corrected chi connectivity index (χ3v) is 5.35. The summed E-state index contributed by atoms with van der Waals surface area (Å²) in [5.41, 5.74) is -0.217. The number of hydrogen-bond donors (Lipinski definition) is 0. The Hall–Kier alpha value is -1.80. The summed E-state index contributed by atoms with van der Waals surface area (Å²) in [6, 6.07) is 2.91. The van der Waals surface area contributed by atoms with E-state index in [1.165, 1.54) is 12.3 Å². The summed E-state index contributed by atoms with van der Waals surface area (Å²) in [5, 5.41) is 10.1. The fraction of sp³-hybridized carbons (Fsp3) is 0.533. The van der Waals surface area contributed by atoms with Gasteiger partial charge in [-0.2, -0.15) is 0 Å². The van der Waals surface area contributed by atoms with E-state index in [0.717, 1.165) is 29.6 Å². The lowest BCUT2D eigenvalue weighted by Gasteiger charge is -2.49. The Bertz CT molecular complexity index is 704. The van der Waals surface area contributed by atoms with Crippen LogP contribution in [0.4, 0.5) is 9.52 Å². The highest BCUT2D eigenvalue weighted by atomic mass is 32.1. The van der Waals surface area contributed by atoms with Crippen LogP contribution in [0, 0.1) is 18.7 Å². The standard InChI is InChI=1S/C15H17FN4O2S/c1-10-18-19-14(23-10)20-8-15(9-20)11(4-6-22-15)7-21-13-12(16)3-2-5-17-13/h2-3,5,11H,4,6-9H2,1H3/t11-/m1/s1. The molecule has 0 bridgehead atoms. The van der Waals surface area contributed by atoms with E-state index in [9.17, 15) is 4.39 Å². The zero-order chi connectivity index (χ0) is 15.9. The fourth-order valence-corrected chi connectivity index (χ4v) is 3.86. The van der Waals surface area contributed by atoms with E-state index >= 15 is 0 Å². The van der Waals surface area contributed by atoms with Crippen molar-refractivity contribution in [1.82, 2.24) is 15.2 Å². The molecule has 2 aliphatic rings. The van der Waals surface area contributed by atoms with Gasteiger partial charge in [0.05, 0.1) is 19.7 Å². The van der Waals surface area contributed by atoms with Gasteiger partial charge in [-0.1, -0.05) is 11.3 Å². The maximum absolute atomic E-state index is 13.6. The van der Waals surface area contributed by atoms with Crippen LogP contribution >= 0.6 is 11.3 Å². The van der Waals surface area contributed by atoms with Crippen LogP contribution in [0.3, 0.4) is 0 Å². The Morgan fingerprint density at radius 1 is 1.48 bits per heavy atom. The van der Waals surface area contributed by atoms with Gasteiger partial charge in [-0.05, 0) is 25.5 Å². The normalized spacial score (nSPS) is 22.3. The number of anilines is 1. The molecule has 1 atom stereocenters. The first-order chi connectivity index (χ1) is 11.2. The van der Waals surface area contributed by atoms with Gasteiger partial charge < -0.3 is 14.4 Å². The molecule has 6 nitrogen and oxygen atoms in total. The van der Waals surface area contributed by atoms with Gasteiger partial charge in [0.2, 0.25) is 11.0 Å². The lowest BCUT2D eigenvalue weighted by molar-refractivity contribution is -0.0528. The molecular formula is C15H17FN4O2S. The van der Waals surface area contributed by atoms with Gasteiger partial charge >= 0.3 is 0 Å². The monoisotopic (exact) mass is 336 g/mol. The first kappa shape index (κ1) is 14.8. The maximum atomic E-state index is 13.6. The summed E-state index contributed by atoms with van der Waals surface area (Å²) < 4.78 is 25.2. The maximum Gasteiger partial charge on any atom is 0.250 e. The van der Waals surface area contributed by atoms with Gasteiger partial charge in [0, 0.05) is 18.7 Å². The predicted octanol–water partition coefficient (Wildman–Crippen LogP) is 2.05. The van der Waals surface area contributed by atoms with E-state index < -0.39 is 5.82 Å². The van der Waals surface area contributed by atoms with Gasteiger partial charge in [-0.3, -0.25) is 0 Å². The van der Waals surface area contributed by atoms with Gasteiger partial charge in [0.15, 0.2) is 5.82 Å². The largest absolute Gasteiger partial charge is 0.475 e. The van der Waals surface area contributed by atoms with E-state index in [1.807, 2.05) is 6.92 Å². The van der Waals surface area contributed by atoms with E-state index in [-0.39, 0.29) is 17.4 Å². The predicted molar refractivity (Wildman–Crippen MR) is 83.3 cm³/mol. The highest BCUT2D eigenvalue weighted by molar-refractivity contribution is 7.15. The number of aromatic nitrogens is 3. The quantitative estimate of drug-likeness (QED) is 0.852. The number of hydrogen-bond acceptors (Lipinski definition) is 7. The van der Waals surface area contributed by atoms with Crippen molar-refractivity contribution in [2.45, 2.75) is 18.9 Å². The summed E-state index contributed by atoms with van der Waals surface area (Å²) in [6.07, 6.45) is 2.44. The average molecular weight is 336 g/mol. The molecule has 0 unspecified atom stereocenters. The summed E-state index contributed by atoms with van der Waals surface area (Å²) in [4.78, 5) is 6.10. The van der Waals surface area contributed by atoms with Gasteiger partial charge in [-0.25, -0.2) is 9.37 Å². The zero-order valence-corrected chi connectivity index (χ0v) is 13.6. The highest BCUT2D eigenvalue weighted by Gasteiger charge is 2.54. The summed E-state index contributed by atoms with van der Waals surface area (Å²) >= 11 is 1.58. The van der Waals surface area contributed by atoms with Crippen LogP contribution in [0.15, 0.2) is 18.3 Å². The molecule has 2 aromatic heterocycles. The molecule has 2 saturated heterocycles. The first-order valence-electron chi connectivity index (χ1n) is 7.59. The third kappa shape index (κ3) is 2.66. The molecule has 0 N–H and O–H groups in total. The Morgan fingerprint density at radius 3 is 3.09 bits per heavy atom. The van der Waals surface area contributed by atoms with Crippen LogP contribution in [0.5, 0.6) is 5.88 Å². The van der Waals surface area contributed by atoms with E-state index in [2.05, 4.69) is 20.1 Å². The number of ether oxygens (including phenoxy) is 2. The van der Waals surface area contributed by atoms with Crippen molar-refractivity contribution >= 4 is 16.5 Å². The van der Waals surface area contributed by atoms with Crippen molar-refractivity contribution in [1.29, 1.82) is 0 Å². The number of rotatable bonds is 4. The van der Waals surface area contributed by atoms with Crippen molar-refractivity contribution in [3.63, 3.8) is 0 Å². The minimum atomic E-state index is -0.431. The molecule has 0 radical (unpaired) electrons. The molecule has 2 fully saturated rings. The van der Waals surface area contributed by atoms with Crippen LogP contribution in [0.1, 0.15) is 11.4 Å². The number of aryl methyl sites for hydroxylation is 1. The summed E-state index contributed by atoms with van der Waals surface area (Å²) in [5.74, 6) is -0.139. The van der Waals surface area contributed by atoms with Crippen molar-refractivity contribution in [2.75, 3.05) is 31.2 Å². The summed E-state index contributed by atoms with van der Waals surface area (Å²) in [6.45, 7) is 4.63. The SMILES string of the molecule is Cc1nnc(N2CC3(C2)OCC[C@@H]3COc2ncccc2F)s1. The van der Waals surface area contributed by atoms with E-state index in [0.29, 0.717) is 13.2 Å². The van der Waals surface area contributed by atoms with Crippen LogP contribution in [-0.2, 0) is 4.74 Å². The molecule has 4 heterocycles. The Labute approximate surface area is 137 Å². The highest BCUT2D eigenvalue weighted by Crippen LogP contribution is 2.42. The van der Waals surface area contributed by atoms with Crippen LogP contribution in [-0.4, -0.2) is 47.1 Å². The lowest BCUT2D eigenvalue weighted by atomic mass is 9.81. The lowest BCUT2D eigenvalue weighted by Crippen LogP contribution is -2.65. The van der Waals surface area contributed by atoms with E-state index in [1.54, 1.807) is 17.4 Å². The van der Waals surface area contributed by atoms with Crippen LogP contribution < -0.4 is 9.64 Å². The van der Waals surface area contributed by atoms with Crippen molar-refractivity contribution in [2.24, 2.45) is 5.92 Å². The van der Waals surface area contributed by atoms with Gasteiger partial charge in [0.1, 0.15) is 10.6 Å². The molecule has 122 valence electrons. The summed E-state index contributed by atoms with van der Waals surface area (Å²) in [7, 11) is 0. The second kappa shape index (κ2) is 5.68. The Balaban J connectivity index is 1.39. The molecule has 2 aromatic rings. The topological polar surface area (TPSA) is 60.4 Å². The third-order valence-electron chi connectivity index (χ3n) is 4.45. The molecule has 8 heteroatoms. The molecule has 1 spiro atoms. The number of pyridine rings is 1. The molecule has 0 aromatic carbocycles. The molecule has 23 heavy (non-hydrogen) atoms. The molecule has 4 rings (SSSR count). The molecule has 0 saturated carbocycles. The number of halogens is 1. The van der Waals surface area contributed by atoms with Crippen molar-refractivity contribution in [3.8, 4) is 5.88 Å². The van der Waals surface area contributed by atoms with Gasteiger partial charge in [0.25, 0.3) is 0 Å². The zero-order valence-electron chi connectivity index (χ0n) is 12.7. The number of nitrogens with zero attached hydrogens (tertiary/aromatic N) is 4. The molecule has 0 amide bonds. The second-order valence-electron chi connectivity index (χ2n) is 5.96. The van der Waals surface area contributed by atoms with Crippen LogP contribution in [0.25, 0.3) is 0 Å². The Kier molecular flexibility index (Phi) is 3.65. The first-order valence-corrected chi connectivity index (χ1v) is 8.40. The second-order valence-corrected chi connectivity index (χ2v) is 7.12. The molecule has 0 aliphatic carbocycles.